The molecule has 1 aliphatic carbocycles. The lowest BCUT2D eigenvalue weighted by Crippen LogP contribution is -2.36. The van der Waals surface area contributed by atoms with Crippen molar-refractivity contribution in [3.05, 3.63) is 21.9 Å². The first-order valence-corrected chi connectivity index (χ1v) is 6.78. The molecule has 2 heteroatoms. The molecule has 2 atom stereocenters. The maximum atomic E-state index is 3.56. The van der Waals surface area contributed by atoms with Crippen LogP contribution in [-0.4, -0.2) is 12.6 Å². The van der Waals surface area contributed by atoms with E-state index >= 15 is 0 Å². The summed E-state index contributed by atoms with van der Waals surface area (Å²) in [6, 6.07) is 5.20. The Morgan fingerprint density at radius 1 is 1.40 bits per heavy atom. The van der Waals surface area contributed by atoms with Crippen LogP contribution in [0, 0.1) is 12.8 Å². The van der Waals surface area contributed by atoms with Crippen LogP contribution in [0.3, 0.4) is 0 Å². The van der Waals surface area contributed by atoms with Crippen molar-refractivity contribution >= 4 is 11.3 Å². The number of nitrogens with one attached hydrogen (secondary N) is 1. The van der Waals surface area contributed by atoms with Crippen molar-refractivity contribution in [2.24, 2.45) is 5.92 Å². The Hall–Kier alpha value is -0.340. The van der Waals surface area contributed by atoms with Gasteiger partial charge in [-0.2, -0.15) is 0 Å². The molecule has 1 aromatic heterocycles. The minimum Gasteiger partial charge on any atom is -0.314 e. The van der Waals surface area contributed by atoms with Gasteiger partial charge in [0, 0.05) is 15.8 Å². The fourth-order valence-corrected chi connectivity index (χ4v) is 3.33. The number of rotatable bonds is 4. The Bertz CT molecular complexity index is 316. The van der Waals surface area contributed by atoms with Crippen LogP contribution in [0.2, 0.25) is 0 Å². The molecule has 0 radical (unpaired) electrons. The molecule has 1 aliphatic rings. The highest BCUT2D eigenvalue weighted by Gasteiger charge is 2.32. The molecule has 1 fully saturated rings. The van der Waals surface area contributed by atoms with Gasteiger partial charge in [0.2, 0.25) is 0 Å². The summed E-state index contributed by atoms with van der Waals surface area (Å²) in [4.78, 5) is 3.06. The fraction of sp³-hybridized carbons (Fsp3) is 0.692. The summed E-state index contributed by atoms with van der Waals surface area (Å²) in [5, 5.41) is 3.56. The Morgan fingerprint density at radius 2 is 2.20 bits per heavy atom. The van der Waals surface area contributed by atoms with Gasteiger partial charge in [-0.1, -0.05) is 13.8 Å². The Kier molecular flexibility index (Phi) is 3.47. The van der Waals surface area contributed by atoms with Gasteiger partial charge in [-0.25, -0.2) is 0 Å². The van der Waals surface area contributed by atoms with Crippen molar-refractivity contribution in [1.82, 2.24) is 5.32 Å². The van der Waals surface area contributed by atoms with Gasteiger partial charge in [-0.15, -0.1) is 11.3 Å². The predicted octanol–water partition coefficient (Wildman–Crippen LogP) is 3.55. The molecule has 2 unspecified atom stereocenters. The van der Waals surface area contributed by atoms with Crippen LogP contribution in [0.1, 0.15) is 42.4 Å². The van der Waals surface area contributed by atoms with Crippen LogP contribution in [0.4, 0.5) is 0 Å². The second-order valence-corrected chi connectivity index (χ2v) is 6.27. The molecule has 15 heavy (non-hydrogen) atoms. The van der Waals surface area contributed by atoms with E-state index in [0.29, 0.717) is 6.04 Å². The summed E-state index contributed by atoms with van der Waals surface area (Å²) in [5.41, 5.74) is 0. The summed E-state index contributed by atoms with van der Waals surface area (Å²) in [6.07, 6.45) is 2.80. The summed E-state index contributed by atoms with van der Waals surface area (Å²) in [6.45, 7) is 7.85. The molecule has 1 saturated carbocycles. The van der Waals surface area contributed by atoms with E-state index in [4.69, 9.17) is 0 Å². The lowest BCUT2D eigenvalue weighted by atomic mass is 9.73. The average molecular weight is 223 g/mol. The highest BCUT2D eigenvalue weighted by atomic mass is 32.1. The van der Waals surface area contributed by atoms with Crippen LogP contribution < -0.4 is 5.32 Å². The van der Waals surface area contributed by atoms with Crippen molar-refractivity contribution in [3.63, 3.8) is 0 Å². The zero-order chi connectivity index (χ0) is 10.8. The monoisotopic (exact) mass is 223 g/mol. The van der Waals surface area contributed by atoms with E-state index in [0.717, 1.165) is 11.8 Å². The minimum absolute atomic E-state index is 0.622. The Morgan fingerprint density at radius 3 is 2.67 bits per heavy atom. The number of hydrogen-bond acceptors (Lipinski definition) is 2. The minimum atomic E-state index is 0.622. The van der Waals surface area contributed by atoms with Crippen LogP contribution in [0.5, 0.6) is 0 Å². The van der Waals surface area contributed by atoms with Crippen LogP contribution in [0.25, 0.3) is 0 Å². The van der Waals surface area contributed by atoms with E-state index < -0.39 is 0 Å². The van der Waals surface area contributed by atoms with Crippen molar-refractivity contribution in [2.75, 3.05) is 6.54 Å². The van der Waals surface area contributed by atoms with E-state index in [1.807, 2.05) is 11.3 Å². The summed E-state index contributed by atoms with van der Waals surface area (Å²) in [7, 11) is 0. The zero-order valence-electron chi connectivity index (χ0n) is 9.92. The molecule has 0 aliphatic heterocycles. The topological polar surface area (TPSA) is 12.0 Å². The highest BCUT2D eigenvalue weighted by Crippen LogP contribution is 2.44. The second-order valence-electron chi connectivity index (χ2n) is 4.96. The van der Waals surface area contributed by atoms with Crippen LogP contribution in [0.15, 0.2) is 12.1 Å². The van der Waals surface area contributed by atoms with Gasteiger partial charge in [0.05, 0.1) is 0 Å². The van der Waals surface area contributed by atoms with Crippen molar-refractivity contribution in [1.29, 1.82) is 0 Å². The van der Waals surface area contributed by atoms with Gasteiger partial charge in [0.25, 0.3) is 0 Å². The highest BCUT2D eigenvalue weighted by molar-refractivity contribution is 7.12. The van der Waals surface area contributed by atoms with E-state index in [1.54, 1.807) is 4.88 Å². The molecule has 84 valence electrons. The van der Waals surface area contributed by atoms with Crippen molar-refractivity contribution in [2.45, 2.75) is 45.6 Å². The van der Waals surface area contributed by atoms with E-state index in [1.165, 1.54) is 24.3 Å². The molecule has 0 spiro atoms. The maximum Gasteiger partial charge on any atom is 0.00822 e. The van der Waals surface area contributed by atoms with Gasteiger partial charge < -0.3 is 5.32 Å². The molecule has 1 N–H and O–H groups in total. The number of thiophene rings is 1. The third-order valence-corrected chi connectivity index (χ3v) is 4.46. The van der Waals surface area contributed by atoms with Crippen molar-refractivity contribution in [3.8, 4) is 0 Å². The van der Waals surface area contributed by atoms with Gasteiger partial charge in [-0.3, -0.25) is 0 Å². The second kappa shape index (κ2) is 4.67. The molecule has 1 aromatic rings. The Balaban J connectivity index is 1.89. The maximum absolute atomic E-state index is 3.56. The van der Waals surface area contributed by atoms with E-state index in [2.05, 4.69) is 38.2 Å². The first kappa shape index (κ1) is 11.2. The number of hydrogen-bond donors (Lipinski definition) is 1. The molecule has 0 amide bonds. The molecule has 0 saturated heterocycles. The molecule has 2 rings (SSSR count). The fourth-order valence-electron chi connectivity index (χ4n) is 2.23. The normalized spacial score (nSPS) is 25.6. The third-order valence-electron chi connectivity index (χ3n) is 3.33. The van der Waals surface area contributed by atoms with E-state index in [-0.39, 0.29) is 0 Å². The lowest BCUT2D eigenvalue weighted by Gasteiger charge is -2.36. The smallest absolute Gasteiger partial charge is 0.00822 e. The largest absolute Gasteiger partial charge is 0.314 e. The molecular formula is C13H21NS. The SMILES string of the molecule is Cc1ccc(C2CCC2CNC(C)C)s1. The quantitative estimate of drug-likeness (QED) is 0.823. The molecule has 1 heterocycles. The summed E-state index contributed by atoms with van der Waals surface area (Å²) in [5.74, 6) is 1.72. The van der Waals surface area contributed by atoms with Gasteiger partial charge in [0.1, 0.15) is 0 Å². The standard InChI is InChI=1S/C13H21NS/c1-9(2)14-8-11-5-6-12(11)13-7-4-10(3)15-13/h4,7,9,11-12,14H,5-6,8H2,1-3H3. The Labute approximate surface area is 96.9 Å². The molecule has 0 aromatic carbocycles. The average Bonchev–Trinajstić information content (AvgIpc) is 2.49. The first-order valence-electron chi connectivity index (χ1n) is 5.96. The summed E-state index contributed by atoms with van der Waals surface area (Å²) >= 11 is 1.98. The van der Waals surface area contributed by atoms with Gasteiger partial charge in [0.15, 0.2) is 0 Å². The van der Waals surface area contributed by atoms with E-state index in [9.17, 15) is 0 Å². The third kappa shape index (κ3) is 2.61. The van der Waals surface area contributed by atoms with Crippen molar-refractivity contribution < 1.29 is 0 Å². The van der Waals surface area contributed by atoms with Crippen LogP contribution >= 0.6 is 11.3 Å². The van der Waals surface area contributed by atoms with Gasteiger partial charge in [-0.05, 0) is 50.3 Å². The zero-order valence-corrected chi connectivity index (χ0v) is 10.7. The van der Waals surface area contributed by atoms with Crippen LogP contribution in [-0.2, 0) is 0 Å². The predicted molar refractivity (Wildman–Crippen MR) is 67.7 cm³/mol. The summed E-state index contributed by atoms with van der Waals surface area (Å²) < 4.78 is 0. The molecule has 0 bridgehead atoms. The molecule has 1 nitrogen and oxygen atoms in total. The number of aryl methyl sites for hydroxylation is 1. The lowest BCUT2D eigenvalue weighted by molar-refractivity contribution is 0.244. The van der Waals surface area contributed by atoms with Gasteiger partial charge >= 0.3 is 0 Å². The molecular weight excluding hydrogens is 202 g/mol. The first-order chi connectivity index (χ1) is 7.16.